The van der Waals surface area contributed by atoms with Crippen LogP contribution in [-0.4, -0.2) is 38.7 Å². The number of hydrazine groups is 1. The van der Waals surface area contributed by atoms with E-state index in [1.807, 2.05) is 6.07 Å². The van der Waals surface area contributed by atoms with Crippen LogP contribution in [0.3, 0.4) is 0 Å². The number of ether oxygens (including phenoxy) is 1. The summed E-state index contributed by atoms with van der Waals surface area (Å²) in [6.07, 6.45) is 0.495. The first-order chi connectivity index (χ1) is 13.5. The van der Waals surface area contributed by atoms with E-state index in [0.717, 1.165) is 18.7 Å². The summed E-state index contributed by atoms with van der Waals surface area (Å²) in [4.78, 5) is 14.2. The summed E-state index contributed by atoms with van der Waals surface area (Å²) in [7, 11) is 1.45. The molecule has 2 aromatic carbocycles. The summed E-state index contributed by atoms with van der Waals surface area (Å²) < 4.78 is 33.4. The van der Waals surface area contributed by atoms with Gasteiger partial charge in [0.05, 0.1) is 12.8 Å². The van der Waals surface area contributed by atoms with Crippen molar-refractivity contribution in [1.82, 2.24) is 10.9 Å². The Kier molecular flexibility index (Phi) is 5.15. The average Bonchev–Trinajstić information content (AvgIpc) is 3.33. The van der Waals surface area contributed by atoms with Crippen molar-refractivity contribution in [2.45, 2.75) is 18.4 Å². The standard InChI is InChI=1S/C20H22F2N4O2/c1-28-16-8-14(21)7-15(9-16)25-18-4-5-26(20(18)27)19-3-2-12(6-17(19)22)13-10-23-24-11-13/h2-3,6-9,13,18,23-25H,4-5,10-11H2,1H3. The molecule has 3 N–H and O–H groups in total. The van der Waals surface area contributed by atoms with Crippen LogP contribution in [-0.2, 0) is 4.79 Å². The molecule has 0 aromatic heterocycles. The Morgan fingerprint density at radius 1 is 1.14 bits per heavy atom. The van der Waals surface area contributed by atoms with Crippen molar-refractivity contribution >= 4 is 17.3 Å². The molecule has 1 unspecified atom stereocenters. The fourth-order valence-corrected chi connectivity index (χ4v) is 3.71. The predicted octanol–water partition coefficient (Wildman–Crippen LogP) is 2.38. The predicted molar refractivity (Wildman–Crippen MR) is 102 cm³/mol. The van der Waals surface area contributed by atoms with Crippen LogP contribution in [0.25, 0.3) is 0 Å². The maximum atomic E-state index is 14.7. The highest BCUT2D eigenvalue weighted by Crippen LogP contribution is 2.30. The van der Waals surface area contributed by atoms with Crippen LogP contribution in [0.4, 0.5) is 20.2 Å². The molecule has 1 amide bonds. The molecule has 2 aliphatic heterocycles. The molecule has 28 heavy (non-hydrogen) atoms. The number of rotatable bonds is 5. The Bertz CT molecular complexity index is 887. The monoisotopic (exact) mass is 388 g/mol. The summed E-state index contributed by atoms with van der Waals surface area (Å²) in [5.41, 5.74) is 7.67. The fourth-order valence-electron chi connectivity index (χ4n) is 3.71. The number of hydrogen-bond donors (Lipinski definition) is 3. The number of halogens is 2. The van der Waals surface area contributed by atoms with Gasteiger partial charge in [-0.05, 0) is 30.2 Å². The van der Waals surface area contributed by atoms with Crippen LogP contribution < -0.4 is 25.8 Å². The number of hydrogen-bond acceptors (Lipinski definition) is 5. The Balaban J connectivity index is 1.49. The van der Waals surface area contributed by atoms with E-state index in [9.17, 15) is 13.6 Å². The van der Waals surface area contributed by atoms with E-state index < -0.39 is 17.7 Å². The largest absolute Gasteiger partial charge is 0.497 e. The number of benzene rings is 2. The minimum absolute atomic E-state index is 0.204. The van der Waals surface area contributed by atoms with Crippen LogP contribution in [0.2, 0.25) is 0 Å². The molecular formula is C20H22F2N4O2. The minimum atomic E-state index is -0.547. The molecule has 4 rings (SSSR count). The van der Waals surface area contributed by atoms with E-state index in [2.05, 4.69) is 16.2 Å². The molecule has 1 atom stereocenters. The van der Waals surface area contributed by atoms with Gasteiger partial charge in [0.15, 0.2) is 0 Å². The zero-order valence-corrected chi connectivity index (χ0v) is 15.5. The van der Waals surface area contributed by atoms with Gasteiger partial charge in [-0.15, -0.1) is 0 Å². The molecule has 0 aliphatic carbocycles. The molecule has 0 saturated carbocycles. The Hall–Kier alpha value is -2.71. The second-order valence-corrected chi connectivity index (χ2v) is 7.02. The summed E-state index contributed by atoms with van der Waals surface area (Å²) in [5.74, 6) is -0.538. The van der Waals surface area contributed by atoms with Crippen molar-refractivity contribution in [1.29, 1.82) is 0 Å². The molecule has 8 heteroatoms. The maximum Gasteiger partial charge on any atom is 0.249 e. The van der Waals surface area contributed by atoms with Crippen LogP contribution in [0.1, 0.15) is 17.9 Å². The van der Waals surface area contributed by atoms with Gasteiger partial charge in [-0.25, -0.2) is 8.78 Å². The van der Waals surface area contributed by atoms with Crippen LogP contribution in [0.15, 0.2) is 36.4 Å². The highest BCUT2D eigenvalue weighted by atomic mass is 19.1. The van der Waals surface area contributed by atoms with Gasteiger partial charge in [0, 0.05) is 43.4 Å². The van der Waals surface area contributed by atoms with Gasteiger partial charge < -0.3 is 15.0 Å². The molecule has 6 nitrogen and oxygen atoms in total. The number of carbonyl (C=O) groups excluding carboxylic acids is 1. The topological polar surface area (TPSA) is 65.6 Å². The van der Waals surface area contributed by atoms with Gasteiger partial charge in [0.25, 0.3) is 0 Å². The second-order valence-electron chi connectivity index (χ2n) is 7.02. The highest BCUT2D eigenvalue weighted by Gasteiger charge is 2.34. The lowest BCUT2D eigenvalue weighted by Gasteiger charge is -2.20. The Morgan fingerprint density at radius 3 is 2.64 bits per heavy atom. The number of carbonyl (C=O) groups is 1. The van der Waals surface area contributed by atoms with E-state index in [-0.39, 0.29) is 17.5 Å². The van der Waals surface area contributed by atoms with E-state index >= 15 is 0 Å². The molecule has 0 spiro atoms. The van der Waals surface area contributed by atoms with Crippen molar-refractivity contribution in [2.24, 2.45) is 0 Å². The SMILES string of the molecule is COc1cc(F)cc(NC2CCN(c3ccc(C4CNNC4)cc3F)C2=O)c1. The first-order valence-corrected chi connectivity index (χ1v) is 9.23. The highest BCUT2D eigenvalue weighted by molar-refractivity contribution is 6.01. The fraction of sp³-hybridized carbons (Fsp3) is 0.350. The molecule has 2 aromatic rings. The van der Waals surface area contributed by atoms with Crippen molar-refractivity contribution in [2.75, 3.05) is 37.0 Å². The van der Waals surface area contributed by atoms with Gasteiger partial charge in [0.2, 0.25) is 5.91 Å². The Labute approximate surface area is 161 Å². The van der Waals surface area contributed by atoms with E-state index in [4.69, 9.17) is 4.74 Å². The molecule has 2 aliphatic rings. The van der Waals surface area contributed by atoms with Gasteiger partial charge in [-0.2, -0.15) is 0 Å². The van der Waals surface area contributed by atoms with Gasteiger partial charge >= 0.3 is 0 Å². The van der Waals surface area contributed by atoms with Gasteiger partial charge in [-0.1, -0.05) is 6.07 Å². The van der Waals surface area contributed by atoms with Crippen LogP contribution in [0, 0.1) is 11.6 Å². The number of amides is 1. The normalized spacial score (nSPS) is 20.0. The smallest absolute Gasteiger partial charge is 0.249 e. The van der Waals surface area contributed by atoms with Crippen LogP contribution >= 0.6 is 0 Å². The third kappa shape index (κ3) is 3.65. The third-order valence-electron chi connectivity index (χ3n) is 5.21. The van der Waals surface area contributed by atoms with Gasteiger partial charge in [-0.3, -0.25) is 15.6 Å². The van der Waals surface area contributed by atoms with Crippen molar-refractivity contribution in [3.63, 3.8) is 0 Å². The first-order valence-electron chi connectivity index (χ1n) is 9.23. The number of methoxy groups -OCH3 is 1. The number of nitrogens with zero attached hydrogens (tertiary/aromatic N) is 1. The van der Waals surface area contributed by atoms with E-state index in [1.54, 1.807) is 12.1 Å². The zero-order valence-electron chi connectivity index (χ0n) is 15.5. The lowest BCUT2D eigenvalue weighted by atomic mass is 10.00. The van der Waals surface area contributed by atoms with Gasteiger partial charge in [0.1, 0.15) is 23.4 Å². The first kappa shape index (κ1) is 18.6. The third-order valence-corrected chi connectivity index (χ3v) is 5.21. The molecule has 148 valence electrons. The molecular weight excluding hydrogens is 366 g/mol. The summed E-state index contributed by atoms with van der Waals surface area (Å²) in [5, 5.41) is 3.03. The lowest BCUT2D eigenvalue weighted by Crippen LogP contribution is -2.34. The molecule has 2 saturated heterocycles. The molecule has 2 heterocycles. The summed E-state index contributed by atoms with van der Waals surface area (Å²) in [6, 6.07) is 8.67. The summed E-state index contributed by atoms with van der Waals surface area (Å²) >= 11 is 0. The number of nitrogens with one attached hydrogen (secondary N) is 3. The van der Waals surface area contributed by atoms with Crippen molar-refractivity contribution < 1.29 is 18.3 Å². The maximum absolute atomic E-state index is 14.7. The van der Waals surface area contributed by atoms with Crippen LogP contribution in [0.5, 0.6) is 5.75 Å². The Morgan fingerprint density at radius 2 is 1.93 bits per heavy atom. The second kappa shape index (κ2) is 7.73. The molecule has 0 bridgehead atoms. The number of anilines is 2. The van der Waals surface area contributed by atoms with Crippen molar-refractivity contribution in [3.05, 3.63) is 53.6 Å². The van der Waals surface area contributed by atoms with Crippen molar-refractivity contribution in [3.8, 4) is 5.75 Å². The quantitative estimate of drug-likeness (QED) is 0.734. The lowest BCUT2D eigenvalue weighted by molar-refractivity contribution is -0.117. The average molecular weight is 388 g/mol. The summed E-state index contributed by atoms with van der Waals surface area (Å²) in [6.45, 7) is 1.88. The minimum Gasteiger partial charge on any atom is -0.497 e. The van der Waals surface area contributed by atoms with E-state index in [0.29, 0.717) is 24.4 Å². The molecule has 0 radical (unpaired) electrons. The zero-order chi connectivity index (χ0) is 19.7. The van der Waals surface area contributed by atoms with E-state index in [1.165, 1.54) is 30.2 Å². The molecule has 2 fully saturated rings.